The highest BCUT2D eigenvalue weighted by atomic mass is 16.5. The first-order chi connectivity index (χ1) is 20.6. The van der Waals surface area contributed by atoms with Crippen LogP contribution in [0.25, 0.3) is 10.8 Å². The Labute approximate surface area is 249 Å². The number of anilines is 2. The second kappa shape index (κ2) is 13.7. The maximum Gasteiger partial charge on any atom is 0.318 e. The van der Waals surface area contributed by atoms with E-state index in [0.717, 1.165) is 30.0 Å². The number of piperazine rings is 1. The van der Waals surface area contributed by atoms with Gasteiger partial charge in [-0.2, -0.15) is 15.2 Å². The fourth-order valence-corrected chi connectivity index (χ4v) is 6.27. The lowest BCUT2D eigenvalue weighted by atomic mass is 10.0. The zero-order valence-corrected chi connectivity index (χ0v) is 24.8. The van der Waals surface area contributed by atoms with E-state index in [0.29, 0.717) is 32.2 Å². The van der Waals surface area contributed by atoms with E-state index in [1.54, 1.807) is 12.0 Å². The number of carbonyl (C=O) groups excluding carboxylic acids is 1. The van der Waals surface area contributed by atoms with E-state index in [2.05, 4.69) is 76.7 Å². The van der Waals surface area contributed by atoms with Crippen LogP contribution in [0.2, 0.25) is 0 Å². The van der Waals surface area contributed by atoms with E-state index in [1.807, 2.05) is 0 Å². The van der Waals surface area contributed by atoms with Crippen LogP contribution in [0, 0.1) is 11.3 Å². The fraction of sp³-hybridized carbons (Fsp3) is 0.455. The third-order valence-electron chi connectivity index (χ3n) is 8.53. The number of rotatable bonds is 6. The Balaban J connectivity index is 0.000000442. The van der Waals surface area contributed by atoms with Crippen molar-refractivity contribution in [2.24, 2.45) is 0 Å². The van der Waals surface area contributed by atoms with Crippen molar-refractivity contribution in [3.8, 4) is 12.1 Å². The van der Waals surface area contributed by atoms with Gasteiger partial charge < -0.3 is 24.3 Å². The van der Waals surface area contributed by atoms with E-state index in [4.69, 9.17) is 14.7 Å². The van der Waals surface area contributed by atoms with E-state index >= 15 is 0 Å². The lowest BCUT2D eigenvalue weighted by Crippen LogP contribution is -2.55. The van der Waals surface area contributed by atoms with E-state index in [-0.39, 0.29) is 18.4 Å². The van der Waals surface area contributed by atoms with Crippen molar-refractivity contribution in [1.82, 2.24) is 19.8 Å². The predicted octanol–water partition coefficient (Wildman–Crippen LogP) is 4.42. The molecular formula is C33H41N7O2. The van der Waals surface area contributed by atoms with Crippen LogP contribution in [0.3, 0.4) is 0 Å². The van der Waals surface area contributed by atoms with Gasteiger partial charge in [0.1, 0.15) is 5.82 Å². The van der Waals surface area contributed by atoms with Gasteiger partial charge in [0.2, 0.25) is 5.91 Å². The van der Waals surface area contributed by atoms with Gasteiger partial charge in [-0.15, -0.1) is 0 Å². The summed E-state index contributed by atoms with van der Waals surface area (Å²) in [4.78, 5) is 30.5. The maximum atomic E-state index is 12.3. The smallest absolute Gasteiger partial charge is 0.318 e. The Morgan fingerprint density at radius 2 is 1.86 bits per heavy atom. The molecule has 1 aromatic heterocycles. The second-order valence-corrected chi connectivity index (χ2v) is 11.0. The quantitative estimate of drug-likeness (QED) is 0.405. The molecule has 0 N–H and O–H groups in total. The average molecular weight is 568 g/mol. The van der Waals surface area contributed by atoms with Crippen molar-refractivity contribution in [1.29, 1.82) is 5.26 Å². The zero-order chi connectivity index (χ0) is 29.5. The fourth-order valence-electron chi connectivity index (χ4n) is 6.27. The summed E-state index contributed by atoms with van der Waals surface area (Å²) >= 11 is 0. The first kappa shape index (κ1) is 29.3. The molecule has 0 radical (unpaired) electrons. The molecule has 1 amide bonds. The summed E-state index contributed by atoms with van der Waals surface area (Å²) < 4.78 is 5.48. The molecule has 0 aliphatic carbocycles. The van der Waals surface area contributed by atoms with Gasteiger partial charge in [0.15, 0.2) is 0 Å². The van der Waals surface area contributed by atoms with Gasteiger partial charge >= 0.3 is 6.01 Å². The van der Waals surface area contributed by atoms with Gasteiger partial charge in [0.05, 0.1) is 37.9 Å². The molecule has 0 saturated carbocycles. The molecule has 42 heavy (non-hydrogen) atoms. The summed E-state index contributed by atoms with van der Waals surface area (Å²) in [7, 11) is 1.58. The number of likely N-dealkylation sites (tertiary alicyclic amines) is 1. The SMILES string of the molecule is C=CC(=O)N1CCN(c2nc(OC)nc3c2CCN(c2cccc4ccccc24)C3)CC1CC#N.CCN1CCCC1. The van der Waals surface area contributed by atoms with Crippen molar-refractivity contribution in [3.05, 3.63) is 66.4 Å². The van der Waals surface area contributed by atoms with Crippen LogP contribution in [0.5, 0.6) is 6.01 Å². The summed E-state index contributed by atoms with van der Waals surface area (Å²) in [5.41, 5.74) is 3.26. The van der Waals surface area contributed by atoms with Crippen molar-refractivity contribution in [3.63, 3.8) is 0 Å². The number of benzene rings is 2. The predicted molar refractivity (Wildman–Crippen MR) is 167 cm³/mol. The van der Waals surface area contributed by atoms with Gasteiger partial charge in [-0.25, -0.2) is 0 Å². The van der Waals surface area contributed by atoms with Crippen LogP contribution in [-0.2, 0) is 17.8 Å². The molecule has 3 aliphatic rings. The largest absolute Gasteiger partial charge is 0.467 e. The molecule has 1 unspecified atom stereocenters. The molecule has 0 bridgehead atoms. The number of fused-ring (bicyclic) bond motifs is 2. The molecule has 3 aliphatic heterocycles. The lowest BCUT2D eigenvalue weighted by molar-refractivity contribution is -0.128. The van der Waals surface area contributed by atoms with Crippen LogP contribution in [0.1, 0.15) is 37.4 Å². The molecule has 2 aromatic carbocycles. The molecule has 2 saturated heterocycles. The molecule has 220 valence electrons. The number of hydrogen-bond acceptors (Lipinski definition) is 8. The van der Waals surface area contributed by atoms with Crippen LogP contribution >= 0.6 is 0 Å². The number of nitriles is 1. The Kier molecular flexibility index (Phi) is 9.55. The number of amides is 1. The number of methoxy groups -OCH3 is 1. The molecule has 9 heteroatoms. The van der Waals surface area contributed by atoms with Crippen LogP contribution in [0.15, 0.2) is 55.1 Å². The minimum atomic E-state index is -0.216. The van der Waals surface area contributed by atoms with Crippen LogP contribution < -0.4 is 14.5 Å². The Hall–Kier alpha value is -4.16. The summed E-state index contributed by atoms with van der Waals surface area (Å²) in [5, 5.41) is 11.8. The molecule has 9 nitrogen and oxygen atoms in total. The summed E-state index contributed by atoms with van der Waals surface area (Å²) in [6.07, 6.45) is 5.22. The number of nitrogens with zero attached hydrogens (tertiary/aromatic N) is 7. The molecular weight excluding hydrogens is 526 g/mol. The van der Waals surface area contributed by atoms with Crippen LogP contribution in [-0.4, -0.2) is 84.6 Å². The normalized spacial score (nSPS) is 18.6. The molecule has 2 fully saturated rings. The molecule has 1 atom stereocenters. The Bertz CT molecular complexity index is 1440. The van der Waals surface area contributed by atoms with E-state index < -0.39 is 0 Å². The third kappa shape index (κ3) is 6.34. The Morgan fingerprint density at radius 3 is 2.57 bits per heavy atom. The Morgan fingerprint density at radius 1 is 1.07 bits per heavy atom. The van der Waals surface area contributed by atoms with Crippen molar-refractivity contribution >= 4 is 28.2 Å². The number of ether oxygens (including phenoxy) is 1. The van der Waals surface area contributed by atoms with Gasteiger partial charge in [-0.1, -0.05) is 49.9 Å². The summed E-state index contributed by atoms with van der Waals surface area (Å²) in [5.74, 6) is 0.705. The van der Waals surface area contributed by atoms with Gasteiger partial charge in [0.25, 0.3) is 0 Å². The average Bonchev–Trinajstić information content (AvgIpc) is 3.58. The standard InChI is InChI=1S/C27H28N6O2.C6H13N/c1-3-25(34)33-16-15-32(17-20(33)11-13-28)26-22-12-14-31(18-23(22)29-27(30-26)35-2)24-10-6-8-19-7-4-5-9-21(19)24;1-2-7-5-3-4-6-7/h3-10,20H,1,11-12,14-18H2,2H3;2-6H2,1H3. The molecule has 0 spiro atoms. The topological polar surface area (TPSA) is 88.8 Å². The van der Waals surface area contributed by atoms with Gasteiger partial charge in [0, 0.05) is 42.8 Å². The number of carbonyl (C=O) groups is 1. The second-order valence-electron chi connectivity index (χ2n) is 11.0. The van der Waals surface area contributed by atoms with Crippen molar-refractivity contribution < 1.29 is 9.53 Å². The first-order valence-electron chi connectivity index (χ1n) is 15.0. The first-order valence-corrected chi connectivity index (χ1v) is 15.0. The summed E-state index contributed by atoms with van der Waals surface area (Å²) in [6.45, 7) is 13.0. The minimum Gasteiger partial charge on any atom is -0.467 e. The van der Waals surface area contributed by atoms with E-state index in [9.17, 15) is 10.1 Å². The summed E-state index contributed by atoms with van der Waals surface area (Å²) in [6, 6.07) is 17.2. The molecule has 3 aromatic rings. The highest BCUT2D eigenvalue weighted by Gasteiger charge is 2.33. The number of hydrogen-bond donors (Lipinski definition) is 0. The minimum absolute atomic E-state index is 0.141. The molecule has 6 rings (SSSR count). The van der Waals surface area contributed by atoms with Gasteiger partial charge in [-0.05, 0) is 56.4 Å². The van der Waals surface area contributed by atoms with Crippen molar-refractivity contribution in [2.75, 3.05) is 62.7 Å². The molecule has 4 heterocycles. The van der Waals surface area contributed by atoms with Gasteiger partial charge in [-0.3, -0.25) is 4.79 Å². The maximum absolute atomic E-state index is 12.3. The highest BCUT2D eigenvalue weighted by Crippen LogP contribution is 2.34. The van der Waals surface area contributed by atoms with Crippen LogP contribution in [0.4, 0.5) is 11.5 Å². The van der Waals surface area contributed by atoms with Crippen molar-refractivity contribution in [2.45, 2.75) is 45.2 Å². The lowest BCUT2D eigenvalue weighted by Gasteiger charge is -2.42. The van der Waals surface area contributed by atoms with E-state index in [1.165, 1.54) is 55.0 Å². The number of aromatic nitrogens is 2. The zero-order valence-electron chi connectivity index (χ0n) is 24.8. The monoisotopic (exact) mass is 567 g/mol. The highest BCUT2D eigenvalue weighted by molar-refractivity contribution is 5.94. The third-order valence-corrected chi connectivity index (χ3v) is 8.53.